The Kier molecular flexibility index (Phi) is 7.12. The molecule has 2 aromatic rings. The molecule has 0 heterocycles. The highest BCUT2D eigenvalue weighted by atomic mass is 16.7. The molecule has 0 saturated heterocycles. The molecule has 2 unspecified atom stereocenters. The summed E-state index contributed by atoms with van der Waals surface area (Å²) in [6.07, 6.45) is 8.41. The Morgan fingerprint density at radius 1 is 0.794 bits per heavy atom. The van der Waals surface area contributed by atoms with E-state index in [0.29, 0.717) is 6.61 Å². The van der Waals surface area contributed by atoms with Gasteiger partial charge in [0, 0.05) is 5.41 Å². The minimum Gasteiger partial charge on any atom is -0.434 e. The maximum Gasteiger partial charge on any atom is 0.508 e. The smallest absolute Gasteiger partial charge is 0.434 e. The lowest BCUT2D eigenvalue weighted by atomic mass is 9.70. The van der Waals surface area contributed by atoms with Crippen molar-refractivity contribution in [3.8, 4) is 0 Å². The van der Waals surface area contributed by atoms with Gasteiger partial charge in [-0.2, -0.15) is 0 Å². The zero-order valence-electron chi connectivity index (χ0n) is 21.8. The van der Waals surface area contributed by atoms with Crippen LogP contribution in [-0.4, -0.2) is 18.9 Å². The first-order valence-corrected chi connectivity index (χ1v) is 13.3. The van der Waals surface area contributed by atoms with Gasteiger partial charge in [0.2, 0.25) is 0 Å². The summed E-state index contributed by atoms with van der Waals surface area (Å²) in [7, 11) is 0. The molecule has 34 heavy (non-hydrogen) atoms. The van der Waals surface area contributed by atoms with Crippen LogP contribution in [0.5, 0.6) is 0 Å². The molecule has 0 aromatic heterocycles. The van der Waals surface area contributed by atoms with Crippen LogP contribution in [0.25, 0.3) is 0 Å². The van der Waals surface area contributed by atoms with Gasteiger partial charge in [-0.15, -0.1) is 0 Å². The summed E-state index contributed by atoms with van der Waals surface area (Å²) in [5.74, 6) is 0. The zero-order chi connectivity index (χ0) is 24.4. The highest BCUT2D eigenvalue weighted by Crippen LogP contribution is 2.63. The largest absolute Gasteiger partial charge is 0.508 e. The number of rotatable bonds is 9. The Morgan fingerprint density at radius 2 is 1.32 bits per heavy atom. The van der Waals surface area contributed by atoms with E-state index in [9.17, 15) is 4.79 Å². The van der Waals surface area contributed by atoms with Crippen LogP contribution in [0.2, 0.25) is 0 Å². The normalized spacial score (nSPS) is 23.5. The van der Waals surface area contributed by atoms with Crippen molar-refractivity contribution in [2.75, 3.05) is 6.61 Å². The first kappa shape index (κ1) is 24.8. The number of fused-ring (bicyclic) bond motifs is 4. The van der Waals surface area contributed by atoms with Crippen LogP contribution in [-0.2, 0) is 25.7 Å². The van der Waals surface area contributed by atoms with Crippen molar-refractivity contribution in [1.82, 2.24) is 0 Å². The van der Waals surface area contributed by atoms with Gasteiger partial charge >= 0.3 is 6.16 Å². The van der Waals surface area contributed by atoms with Crippen molar-refractivity contribution in [3.63, 3.8) is 0 Å². The van der Waals surface area contributed by atoms with Crippen LogP contribution in [0.1, 0.15) is 108 Å². The summed E-state index contributed by atoms with van der Waals surface area (Å²) in [5, 5.41) is 0. The summed E-state index contributed by atoms with van der Waals surface area (Å²) in [5.41, 5.74) is 4.53. The third-order valence-electron chi connectivity index (χ3n) is 8.24. The third-order valence-corrected chi connectivity index (χ3v) is 8.24. The van der Waals surface area contributed by atoms with E-state index in [0.717, 1.165) is 19.3 Å². The second kappa shape index (κ2) is 9.76. The molecule has 4 rings (SSSR count). The van der Waals surface area contributed by atoms with E-state index in [1.807, 2.05) is 0 Å². The molecule has 1 spiro atoms. The Balaban J connectivity index is 1.53. The molecule has 2 aliphatic carbocycles. The Morgan fingerprint density at radius 3 is 1.97 bits per heavy atom. The van der Waals surface area contributed by atoms with Crippen LogP contribution in [0.3, 0.4) is 0 Å². The van der Waals surface area contributed by atoms with E-state index in [1.54, 1.807) is 0 Å². The Labute approximate surface area is 206 Å². The molecule has 0 saturated carbocycles. The van der Waals surface area contributed by atoms with Gasteiger partial charge in [-0.3, -0.25) is 0 Å². The summed E-state index contributed by atoms with van der Waals surface area (Å²) in [4.78, 5) is 13.0. The van der Waals surface area contributed by atoms with E-state index in [4.69, 9.17) is 9.47 Å². The topological polar surface area (TPSA) is 35.5 Å². The molecule has 0 radical (unpaired) electrons. The van der Waals surface area contributed by atoms with Gasteiger partial charge in [-0.1, -0.05) is 122 Å². The van der Waals surface area contributed by atoms with Gasteiger partial charge in [-0.05, 0) is 40.5 Å². The van der Waals surface area contributed by atoms with Gasteiger partial charge in [0.05, 0.1) is 12.0 Å². The van der Waals surface area contributed by atoms with E-state index in [2.05, 4.69) is 83.1 Å². The van der Waals surface area contributed by atoms with E-state index in [1.165, 1.54) is 54.4 Å². The molecular weight excluding hydrogens is 420 g/mol. The van der Waals surface area contributed by atoms with Gasteiger partial charge < -0.3 is 9.47 Å². The third kappa shape index (κ3) is 4.27. The van der Waals surface area contributed by atoms with Crippen molar-refractivity contribution in [2.45, 2.75) is 108 Å². The van der Waals surface area contributed by atoms with Crippen LogP contribution in [0.4, 0.5) is 4.79 Å². The molecular formula is C31H42O3. The molecule has 2 atom stereocenters. The number of hydrogen-bond donors (Lipinski definition) is 0. The minimum absolute atomic E-state index is 0.00653. The van der Waals surface area contributed by atoms with Crippen LogP contribution < -0.4 is 0 Å². The molecule has 2 aliphatic rings. The van der Waals surface area contributed by atoms with Crippen molar-refractivity contribution < 1.29 is 14.3 Å². The number of carbonyl (C=O) groups is 1. The molecule has 0 N–H and O–H groups in total. The van der Waals surface area contributed by atoms with Crippen molar-refractivity contribution in [2.24, 2.45) is 0 Å². The number of unbranched alkanes of at least 4 members (excludes halogenated alkanes) is 6. The predicted octanol–water partition coefficient (Wildman–Crippen LogP) is 8.22. The molecule has 3 nitrogen and oxygen atoms in total. The monoisotopic (exact) mass is 462 g/mol. The second-order valence-electron chi connectivity index (χ2n) is 11.6. The summed E-state index contributed by atoms with van der Waals surface area (Å²) < 4.78 is 11.9. The predicted molar refractivity (Wildman–Crippen MR) is 139 cm³/mol. The average molecular weight is 463 g/mol. The highest BCUT2D eigenvalue weighted by molar-refractivity contribution is 5.66. The lowest BCUT2D eigenvalue weighted by Crippen LogP contribution is -2.46. The van der Waals surface area contributed by atoms with E-state index < -0.39 is 6.16 Å². The van der Waals surface area contributed by atoms with Gasteiger partial charge in [-0.25, -0.2) is 4.79 Å². The average Bonchev–Trinajstić information content (AvgIpc) is 3.16. The van der Waals surface area contributed by atoms with Crippen LogP contribution in [0.15, 0.2) is 48.5 Å². The quantitative estimate of drug-likeness (QED) is 0.278. The number of ether oxygens (including phenoxy) is 2. The fourth-order valence-electron chi connectivity index (χ4n) is 6.75. The zero-order valence-corrected chi connectivity index (χ0v) is 21.8. The molecule has 3 heteroatoms. The number of benzene rings is 2. The second-order valence-corrected chi connectivity index (χ2v) is 11.6. The summed E-state index contributed by atoms with van der Waals surface area (Å²) in [6, 6.07) is 17.4. The maximum absolute atomic E-state index is 13.0. The Bertz CT molecular complexity index is 992. The fraction of sp³-hybridized carbons (Fsp3) is 0.581. The molecule has 0 fully saturated rings. The van der Waals surface area contributed by atoms with Crippen molar-refractivity contribution in [1.29, 1.82) is 0 Å². The van der Waals surface area contributed by atoms with Crippen LogP contribution in [0, 0.1) is 0 Å². The van der Waals surface area contributed by atoms with Gasteiger partial charge in [0.15, 0.2) is 0 Å². The number of hydrogen-bond acceptors (Lipinski definition) is 3. The SMILES string of the molecule is CCCCCCCCCOC(=O)OC1C(C)(C)c2ccccc2C12CC(C)(C)c1ccccc12. The highest BCUT2D eigenvalue weighted by Gasteiger charge is 2.64. The minimum atomic E-state index is -0.529. The maximum atomic E-state index is 13.0. The Hall–Kier alpha value is -2.29. The number of carbonyl (C=O) groups excluding carboxylic acids is 1. The lowest BCUT2D eigenvalue weighted by molar-refractivity contribution is -0.0226. The summed E-state index contributed by atoms with van der Waals surface area (Å²) >= 11 is 0. The molecule has 184 valence electrons. The van der Waals surface area contributed by atoms with E-state index in [-0.39, 0.29) is 22.3 Å². The molecule has 0 bridgehead atoms. The lowest BCUT2D eigenvalue weighted by Gasteiger charge is -2.39. The van der Waals surface area contributed by atoms with Crippen molar-refractivity contribution >= 4 is 6.16 Å². The van der Waals surface area contributed by atoms with E-state index >= 15 is 0 Å². The molecule has 2 aromatic carbocycles. The van der Waals surface area contributed by atoms with Crippen molar-refractivity contribution in [3.05, 3.63) is 70.8 Å². The van der Waals surface area contributed by atoms with Gasteiger partial charge in [0.25, 0.3) is 0 Å². The first-order chi connectivity index (χ1) is 16.2. The fourth-order valence-corrected chi connectivity index (χ4v) is 6.75. The van der Waals surface area contributed by atoms with Crippen LogP contribution >= 0.6 is 0 Å². The summed E-state index contributed by atoms with van der Waals surface area (Å²) in [6.45, 7) is 11.7. The first-order valence-electron chi connectivity index (χ1n) is 13.3. The van der Waals surface area contributed by atoms with Gasteiger partial charge in [0.1, 0.15) is 6.10 Å². The molecule has 0 aliphatic heterocycles. The standard InChI is InChI=1S/C31H42O3/c1-6-7-8-9-10-11-16-21-33-28(32)34-27-30(4,5)24-18-13-15-20-26(24)31(27)22-29(2,3)23-17-12-14-19-25(23)31/h12-15,17-20,27H,6-11,16,21-22H2,1-5H3. The molecule has 0 amide bonds.